The van der Waals surface area contributed by atoms with Gasteiger partial charge in [-0.15, -0.1) is 0 Å². The van der Waals surface area contributed by atoms with Gasteiger partial charge in [0.2, 0.25) is 11.8 Å². The van der Waals surface area contributed by atoms with Crippen molar-refractivity contribution in [3.05, 3.63) is 30.0 Å². The Bertz CT molecular complexity index is 1090. The lowest BCUT2D eigenvalue weighted by Crippen LogP contribution is -2.49. The maximum atomic E-state index is 13.3. The van der Waals surface area contributed by atoms with Gasteiger partial charge in [0.15, 0.2) is 0 Å². The molecule has 9 heteroatoms. The fourth-order valence-electron chi connectivity index (χ4n) is 4.66. The van der Waals surface area contributed by atoms with Crippen LogP contribution in [0.5, 0.6) is 5.75 Å². The zero-order valence-electron chi connectivity index (χ0n) is 18.2. The second kappa shape index (κ2) is 8.91. The molecule has 3 heterocycles. The van der Waals surface area contributed by atoms with Crippen molar-refractivity contribution in [1.82, 2.24) is 20.5 Å². The number of ether oxygens (including phenoxy) is 1. The van der Waals surface area contributed by atoms with Gasteiger partial charge < -0.3 is 25.3 Å². The molecule has 1 aromatic carbocycles. The molecule has 2 aliphatic heterocycles. The van der Waals surface area contributed by atoms with Crippen molar-refractivity contribution in [2.45, 2.75) is 38.3 Å². The SMILES string of the molecule is COc1cccc2[nH]c(C(=O)N3CC(C)CC3C(=O)N[C@H](C#N)C[C@@H]3CCNC3=O)cc12. The highest BCUT2D eigenvalue weighted by atomic mass is 16.5. The second-order valence-electron chi connectivity index (χ2n) is 8.62. The Labute approximate surface area is 186 Å². The van der Waals surface area contributed by atoms with E-state index >= 15 is 0 Å². The van der Waals surface area contributed by atoms with E-state index in [2.05, 4.69) is 21.7 Å². The number of fused-ring (bicyclic) bond motifs is 1. The van der Waals surface area contributed by atoms with Crippen molar-refractivity contribution in [3.63, 3.8) is 0 Å². The molecule has 0 aliphatic carbocycles. The quantitative estimate of drug-likeness (QED) is 0.632. The summed E-state index contributed by atoms with van der Waals surface area (Å²) in [5, 5.41) is 15.8. The van der Waals surface area contributed by atoms with Crippen molar-refractivity contribution in [2.75, 3.05) is 20.2 Å². The molecule has 2 fully saturated rings. The number of aromatic amines is 1. The van der Waals surface area contributed by atoms with E-state index in [1.807, 2.05) is 25.1 Å². The van der Waals surface area contributed by atoms with Crippen molar-refractivity contribution in [1.29, 1.82) is 5.26 Å². The number of nitriles is 1. The smallest absolute Gasteiger partial charge is 0.270 e. The van der Waals surface area contributed by atoms with Gasteiger partial charge in [0.25, 0.3) is 5.91 Å². The summed E-state index contributed by atoms with van der Waals surface area (Å²) >= 11 is 0. The summed E-state index contributed by atoms with van der Waals surface area (Å²) in [6, 6.07) is 7.91. The summed E-state index contributed by atoms with van der Waals surface area (Å²) in [5.41, 5.74) is 1.16. The average Bonchev–Trinajstić information content (AvgIpc) is 3.50. The number of carbonyl (C=O) groups excluding carboxylic acids is 3. The van der Waals surface area contributed by atoms with E-state index in [9.17, 15) is 19.6 Å². The molecule has 9 nitrogen and oxygen atoms in total. The lowest BCUT2D eigenvalue weighted by Gasteiger charge is -2.25. The summed E-state index contributed by atoms with van der Waals surface area (Å²) in [6.07, 6.45) is 1.44. The number of H-pyrrole nitrogens is 1. The zero-order valence-corrected chi connectivity index (χ0v) is 18.2. The third kappa shape index (κ3) is 4.13. The molecule has 0 spiro atoms. The number of hydrogen-bond acceptors (Lipinski definition) is 5. The minimum atomic E-state index is -0.776. The number of aromatic nitrogens is 1. The third-order valence-electron chi connectivity index (χ3n) is 6.30. The standard InChI is InChI=1S/C23H27N5O4/c1-13-8-19(22(30)26-15(11-24)9-14-6-7-25-21(14)29)28(12-13)23(31)18-10-16-17(27-18)4-3-5-20(16)32-2/h3-5,10,13-15,19,27H,6-9,12H2,1-2H3,(H,25,29)(H,26,30)/t13?,14-,15-,19?/m0/s1. The van der Waals surface area contributed by atoms with Crippen LogP contribution in [0.4, 0.5) is 0 Å². The molecule has 0 saturated carbocycles. The maximum absolute atomic E-state index is 13.3. The number of nitrogens with zero attached hydrogens (tertiary/aromatic N) is 2. The molecule has 0 radical (unpaired) electrons. The Morgan fingerprint density at radius 3 is 2.91 bits per heavy atom. The Balaban J connectivity index is 1.50. The predicted molar refractivity (Wildman–Crippen MR) is 117 cm³/mol. The first-order chi connectivity index (χ1) is 15.4. The van der Waals surface area contributed by atoms with Crippen molar-refractivity contribution >= 4 is 28.6 Å². The van der Waals surface area contributed by atoms with Crippen molar-refractivity contribution < 1.29 is 19.1 Å². The molecule has 2 aromatic rings. The van der Waals surface area contributed by atoms with Crippen LogP contribution in [-0.4, -0.2) is 59.9 Å². The van der Waals surface area contributed by atoms with E-state index in [1.165, 1.54) is 0 Å². The molecular formula is C23H27N5O4. The first kappa shape index (κ1) is 21.7. The zero-order chi connectivity index (χ0) is 22.8. The molecule has 3 amide bonds. The van der Waals surface area contributed by atoms with Gasteiger partial charge in [-0.1, -0.05) is 13.0 Å². The number of likely N-dealkylation sites (tertiary alicyclic amines) is 1. The van der Waals surface area contributed by atoms with Gasteiger partial charge in [-0.25, -0.2) is 0 Å². The minimum Gasteiger partial charge on any atom is -0.496 e. The number of benzene rings is 1. The Morgan fingerprint density at radius 2 is 2.22 bits per heavy atom. The highest BCUT2D eigenvalue weighted by molar-refractivity contribution is 6.01. The first-order valence-corrected chi connectivity index (χ1v) is 10.9. The molecule has 2 unspecified atom stereocenters. The van der Waals surface area contributed by atoms with Gasteiger partial charge in [-0.2, -0.15) is 5.26 Å². The van der Waals surface area contributed by atoms with E-state index in [4.69, 9.17) is 4.74 Å². The highest BCUT2D eigenvalue weighted by Crippen LogP contribution is 2.29. The van der Waals surface area contributed by atoms with Crippen molar-refractivity contribution in [2.24, 2.45) is 11.8 Å². The van der Waals surface area contributed by atoms with Crippen LogP contribution in [0, 0.1) is 23.2 Å². The molecule has 2 saturated heterocycles. The van der Waals surface area contributed by atoms with Crippen LogP contribution in [0.2, 0.25) is 0 Å². The monoisotopic (exact) mass is 437 g/mol. The number of nitrogens with one attached hydrogen (secondary N) is 3. The molecule has 4 rings (SSSR count). The maximum Gasteiger partial charge on any atom is 0.270 e. The molecule has 0 bridgehead atoms. The van der Waals surface area contributed by atoms with E-state index in [0.29, 0.717) is 37.4 Å². The summed E-state index contributed by atoms with van der Waals surface area (Å²) in [7, 11) is 1.58. The summed E-state index contributed by atoms with van der Waals surface area (Å²) in [4.78, 5) is 42.9. The van der Waals surface area contributed by atoms with E-state index < -0.39 is 12.1 Å². The Kier molecular flexibility index (Phi) is 6.04. The molecule has 32 heavy (non-hydrogen) atoms. The van der Waals surface area contributed by atoms with Crippen LogP contribution in [-0.2, 0) is 9.59 Å². The third-order valence-corrected chi connectivity index (χ3v) is 6.30. The van der Waals surface area contributed by atoms with Gasteiger partial charge in [0.1, 0.15) is 23.5 Å². The second-order valence-corrected chi connectivity index (χ2v) is 8.62. The first-order valence-electron chi connectivity index (χ1n) is 10.9. The number of amides is 3. The Morgan fingerprint density at radius 1 is 1.41 bits per heavy atom. The normalized spacial score (nSPS) is 23.6. The summed E-state index contributed by atoms with van der Waals surface area (Å²) in [6.45, 7) is 3.03. The fourth-order valence-corrected chi connectivity index (χ4v) is 4.66. The number of methoxy groups -OCH3 is 1. The molecular weight excluding hydrogens is 410 g/mol. The molecule has 4 atom stereocenters. The molecule has 3 N–H and O–H groups in total. The average molecular weight is 438 g/mol. The Hall–Kier alpha value is -3.54. The fraction of sp³-hybridized carbons (Fsp3) is 0.478. The van der Waals surface area contributed by atoms with Crippen LogP contribution >= 0.6 is 0 Å². The van der Waals surface area contributed by atoms with E-state index in [0.717, 1.165) is 10.9 Å². The lowest BCUT2D eigenvalue weighted by atomic mass is 9.98. The van der Waals surface area contributed by atoms with Gasteiger partial charge in [0.05, 0.1) is 13.2 Å². The highest BCUT2D eigenvalue weighted by Gasteiger charge is 2.39. The van der Waals surface area contributed by atoms with Crippen LogP contribution < -0.4 is 15.4 Å². The topological polar surface area (TPSA) is 127 Å². The van der Waals surface area contributed by atoms with E-state index in [-0.39, 0.29) is 36.0 Å². The number of hydrogen-bond donors (Lipinski definition) is 3. The van der Waals surface area contributed by atoms with Gasteiger partial charge in [-0.3, -0.25) is 14.4 Å². The lowest BCUT2D eigenvalue weighted by molar-refractivity contribution is -0.126. The largest absolute Gasteiger partial charge is 0.496 e. The summed E-state index contributed by atoms with van der Waals surface area (Å²) < 4.78 is 5.37. The van der Waals surface area contributed by atoms with Crippen molar-refractivity contribution in [3.8, 4) is 11.8 Å². The molecule has 2 aliphatic rings. The van der Waals surface area contributed by atoms with Crippen LogP contribution in [0.3, 0.4) is 0 Å². The van der Waals surface area contributed by atoms with Crippen LogP contribution in [0.25, 0.3) is 10.9 Å². The van der Waals surface area contributed by atoms with Gasteiger partial charge >= 0.3 is 0 Å². The molecule has 168 valence electrons. The summed E-state index contributed by atoms with van der Waals surface area (Å²) in [5.74, 6) is -0.177. The molecule has 1 aromatic heterocycles. The van der Waals surface area contributed by atoms with Crippen LogP contribution in [0.15, 0.2) is 24.3 Å². The van der Waals surface area contributed by atoms with E-state index in [1.54, 1.807) is 18.1 Å². The van der Waals surface area contributed by atoms with Gasteiger partial charge in [0, 0.05) is 29.9 Å². The van der Waals surface area contributed by atoms with Crippen LogP contribution in [0.1, 0.15) is 36.7 Å². The number of carbonyl (C=O) groups is 3. The predicted octanol–water partition coefficient (Wildman–Crippen LogP) is 1.56. The van der Waals surface area contributed by atoms with Gasteiger partial charge in [-0.05, 0) is 43.4 Å². The minimum absolute atomic E-state index is 0.0833. The number of rotatable bonds is 6.